The van der Waals surface area contributed by atoms with Crippen molar-refractivity contribution in [3.05, 3.63) is 0 Å². The summed E-state index contributed by atoms with van der Waals surface area (Å²) >= 11 is 5.29. The molecule has 2 aliphatic rings. The normalized spacial score (nSPS) is 31.4. The van der Waals surface area contributed by atoms with Crippen LogP contribution in [0.2, 0.25) is 0 Å². The van der Waals surface area contributed by atoms with E-state index in [2.05, 4.69) is 16.4 Å². The van der Waals surface area contributed by atoms with Crippen LogP contribution in [0.3, 0.4) is 0 Å². The van der Waals surface area contributed by atoms with Crippen LogP contribution in [-0.2, 0) is 0 Å². The molecule has 0 aromatic heterocycles. The van der Waals surface area contributed by atoms with E-state index in [0.717, 1.165) is 17.5 Å². The van der Waals surface area contributed by atoms with Crippen molar-refractivity contribution in [2.45, 2.75) is 32.1 Å². The molecular formula is C9H17N3S. The van der Waals surface area contributed by atoms with Crippen LogP contribution in [0.1, 0.15) is 32.1 Å². The molecule has 0 bridgehead atoms. The highest BCUT2D eigenvalue weighted by atomic mass is 32.1. The molecule has 3 N–H and O–H groups in total. The van der Waals surface area contributed by atoms with Gasteiger partial charge in [-0.15, -0.1) is 0 Å². The summed E-state index contributed by atoms with van der Waals surface area (Å²) in [6, 6.07) is 0. The number of hydrogen-bond acceptors (Lipinski definition) is 3. The molecule has 1 saturated heterocycles. The van der Waals surface area contributed by atoms with Gasteiger partial charge in [0.2, 0.25) is 0 Å². The monoisotopic (exact) mass is 199 g/mol. The Morgan fingerprint density at radius 3 is 2.62 bits per heavy atom. The molecule has 0 amide bonds. The second-order valence-corrected chi connectivity index (χ2v) is 4.44. The first-order valence-corrected chi connectivity index (χ1v) is 5.56. The topological polar surface area (TPSA) is 36.1 Å². The summed E-state index contributed by atoms with van der Waals surface area (Å²) in [4.78, 5) is 0.991. The zero-order valence-electron chi connectivity index (χ0n) is 7.81. The van der Waals surface area contributed by atoms with Crippen LogP contribution in [-0.4, -0.2) is 11.5 Å². The van der Waals surface area contributed by atoms with Gasteiger partial charge in [0.25, 0.3) is 0 Å². The Morgan fingerprint density at radius 1 is 1.15 bits per heavy atom. The first-order valence-electron chi connectivity index (χ1n) is 5.15. The highest BCUT2D eigenvalue weighted by molar-refractivity contribution is 7.80. The number of nitrogens with one attached hydrogen (secondary N) is 3. The summed E-state index contributed by atoms with van der Waals surface area (Å²) in [5.41, 5.74) is 8.98. The molecule has 0 radical (unpaired) electrons. The van der Waals surface area contributed by atoms with Crippen molar-refractivity contribution >= 4 is 17.2 Å². The summed E-state index contributed by atoms with van der Waals surface area (Å²) in [6.45, 7) is 0.983. The van der Waals surface area contributed by atoms with Gasteiger partial charge in [0.1, 0.15) is 0 Å². The number of hydrazine groups is 2. The molecule has 13 heavy (non-hydrogen) atoms. The van der Waals surface area contributed by atoms with Crippen molar-refractivity contribution in [2.75, 3.05) is 6.54 Å². The SMILES string of the molecule is S=C1NNNC[C@@H]1C1CCCCC1. The molecule has 1 aliphatic heterocycles. The molecule has 2 rings (SSSR count). The van der Waals surface area contributed by atoms with Crippen LogP contribution in [0.5, 0.6) is 0 Å². The predicted octanol–water partition coefficient (Wildman–Crippen LogP) is 1.12. The van der Waals surface area contributed by atoms with E-state index in [1.807, 2.05) is 0 Å². The molecule has 4 heteroatoms. The Bertz CT molecular complexity index is 189. The maximum atomic E-state index is 5.29. The van der Waals surface area contributed by atoms with Crippen molar-refractivity contribution in [1.82, 2.24) is 16.4 Å². The van der Waals surface area contributed by atoms with Crippen molar-refractivity contribution in [3.8, 4) is 0 Å². The molecule has 1 saturated carbocycles. The molecular weight excluding hydrogens is 182 g/mol. The average molecular weight is 199 g/mol. The minimum Gasteiger partial charge on any atom is -0.302 e. The van der Waals surface area contributed by atoms with Crippen molar-refractivity contribution in [1.29, 1.82) is 0 Å². The minimum atomic E-state index is 0.552. The molecule has 3 nitrogen and oxygen atoms in total. The van der Waals surface area contributed by atoms with Crippen molar-refractivity contribution in [3.63, 3.8) is 0 Å². The molecule has 0 spiro atoms. The lowest BCUT2D eigenvalue weighted by molar-refractivity contribution is 0.262. The summed E-state index contributed by atoms with van der Waals surface area (Å²) in [7, 11) is 0. The molecule has 1 aliphatic carbocycles. The Balaban J connectivity index is 1.92. The highest BCUT2D eigenvalue weighted by Crippen LogP contribution is 2.30. The van der Waals surface area contributed by atoms with E-state index in [9.17, 15) is 0 Å². The van der Waals surface area contributed by atoms with Crippen LogP contribution in [0.15, 0.2) is 0 Å². The van der Waals surface area contributed by atoms with Gasteiger partial charge >= 0.3 is 0 Å². The minimum absolute atomic E-state index is 0.552. The third-order valence-corrected chi connectivity index (χ3v) is 3.56. The fourth-order valence-corrected chi connectivity index (χ4v) is 2.70. The van der Waals surface area contributed by atoms with Crippen molar-refractivity contribution in [2.24, 2.45) is 11.8 Å². The number of thiocarbonyl (C=S) groups is 1. The summed E-state index contributed by atoms with van der Waals surface area (Å²) in [5, 5.41) is 0. The van der Waals surface area contributed by atoms with Crippen LogP contribution < -0.4 is 16.4 Å². The molecule has 1 atom stereocenters. The lowest BCUT2D eigenvalue weighted by Crippen LogP contribution is -2.58. The van der Waals surface area contributed by atoms with E-state index in [4.69, 9.17) is 12.2 Å². The standard InChI is InChI=1S/C9H17N3S/c13-9-8(6-10-12-11-9)7-4-2-1-3-5-7/h7-8,10,12H,1-6H2,(H,11,13)/t8-/m1/s1. The van der Waals surface area contributed by atoms with E-state index in [1.54, 1.807) is 0 Å². The highest BCUT2D eigenvalue weighted by Gasteiger charge is 2.28. The summed E-state index contributed by atoms with van der Waals surface area (Å²) in [5.74, 6) is 1.36. The van der Waals surface area contributed by atoms with E-state index in [0.29, 0.717) is 5.92 Å². The maximum Gasteiger partial charge on any atom is 0.0953 e. The molecule has 74 valence electrons. The largest absolute Gasteiger partial charge is 0.302 e. The Labute approximate surface area is 84.6 Å². The summed E-state index contributed by atoms with van der Waals surface area (Å²) in [6.07, 6.45) is 6.89. The van der Waals surface area contributed by atoms with Gasteiger partial charge in [-0.1, -0.05) is 31.5 Å². The Hall–Kier alpha value is -0.190. The number of rotatable bonds is 1. The van der Waals surface area contributed by atoms with E-state index >= 15 is 0 Å². The van der Waals surface area contributed by atoms with E-state index in [1.165, 1.54) is 32.1 Å². The second-order valence-electron chi connectivity index (χ2n) is 4.00. The lowest BCUT2D eigenvalue weighted by Gasteiger charge is -2.34. The van der Waals surface area contributed by atoms with Crippen LogP contribution >= 0.6 is 12.2 Å². The second kappa shape index (κ2) is 4.35. The Morgan fingerprint density at radius 2 is 1.92 bits per heavy atom. The van der Waals surface area contributed by atoms with Gasteiger partial charge in [0, 0.05) is 12.5 Å². The fraction of sp³-hybridized carbons (Fsp3) is 0.889. The Kier molecular flexibility index (Phi) is 3.14. The fourth-order valence-electron chi connectivity index (χ4n) is 2.37. The maximum absolute atomic E-state index is 5.29. The smallest absolute Gasteiger partial charge is 0.0953 e. The van der Waals surface area contributed by atoms with Gasteiger partial charge in [-0.25, -0.2) is 5.43 Å². The van der Waals surface area contributed by atoms with Gasteiger partial charge in [0.05, 0.1) is 4.99 Å². The van der Waals surface area contributed by atoms with Gasteiger partial charge in [0.15, 0.2) is 0 Å². The molecule has 2 fully saturated rings. The van der Waals surface area contributed by atoms with Crippen LogP contribution in [0, 0.1) is 11.8 Å². The summed E-state index contributed by atoms with van der Waals surface area (Å²) < 4.78 is 0. The zero-order chi connectivity index (χ0) is 9.10. The third-order valence-electron chi connectivity index (χ3n) is 3.15. The van der Waals surface area contributed by atoms with Crippen LogP contribution in [0.4, 0.5) is 0 Å². The molecule has 0 aromatic rings. The van der Waals surface area contributed by atoms with Crippen LogP contribution in [0.25, 0.3) is 0 Å². The molecule has 0 unspecified atom stereocenters. The van der Waals surface area contributed by atoms with Crippen molar-refractivity contribution < 1.29 is 0 Å². The third kappa shape index (κ3) is 2.18. The van der Waals surface area contributed by atoms with E-state index in [-0.39, 0.29) is 0 Å². The first kappa shape index (κ1) is 9.37. The number of hydrogen-bond donors (Lipinski definition) is 3. The van der Waals surface area contributed by atoms with Gasteiger partial charge in [-0.3, -0.25) is 0 Å². The molecule has 0 aromatic carbocycles. The first-order chi connectivity index (χ1) is 6.38. The van der Waals surface area contributed by atoms with Gasteiger partial charge in [-0.2, -0.15) is 5.53 Å². The van der Waals surface area contributed by atoms with Gasteiger partial charge in [-0.05, 0) is 18.8 Å². The lowest BCUT2D eigenvalue weighted by atomic mass is 9.80. The van der Waals surface area contributed by atoms with Gasteiger partial charge < -0.3 is 5.43 Å². The molecule has 1 heterocycles. The quantitative estimate of drug-likeness (QED) is 0.553. The average Bonchev–Trinajstić information content (AvgIpc) is 2.20. The van der Waals surface area contributed by atoms with E-state index < -0.39 is 0 Å². The predicted molar refractivity (Wildman–Crippen MR) is 56.9 cm³/mol. The zero-order valence-corrected chi connectivity index (χ0v) is 8.62.